The summed E-state index contributed by atoms with van der Waals surface area (Å²) in [6.45, 7) is 4.68. The SMILES string of the molecule is CCOC(=O)C1CCN(C[C@H](O)COc2cccc3ccccc23)CC1. The van der Waals surface area contributed by atoms with Crippen LogP contribution in [0.3, 0.4) is 0 Å². The van der Waals surface area contributed by atoms with Crippen LogP contribution in [-0.4, -0.2) is 54.9 Å². The summed E-state index contributed by atoms with van der Waals surface area (Å²) in [6, 6.07) is 14.0. The maximum absolute atomic E-state index is 11.8. The van der Waals surface area contributed by atoms with E-state index in [9.17, 15) is 9.90 Å². The lowest BCUT2D eigenvalue weighted by atomic mass is 9.97. The van der Waals surface area contributed by atoms with Crippen molar-refractivity contribution in [1.29, 1.82) is 0 Å². The lowest BCUT2D eigenvalue weighted by Crippen LogP contribution is -2.42. The second-order valence-corrected chi connectivity index (χ2v) is 6.77. The molecule has 140 valence electrons. The van der Waals surface area contributed by atoms with Crippen LogP contribution < -0.4 is 4.74 Å². The number of benzene rings is 2. The quantitative estimate of drug-likeness (QED) is 0.772. The zero-order chi connectivity index (χ0) is 18.4. The van der Waals surface area contributed by atoms with Crippen molar-refractivity contribution < 1.29 is 19.4 Å². The molecule has 5 nitrogen and oxygen atoms in total. The number of β-amino-alcohol motifs (C(OH)–C–C–N with tert-alkyl or cyclic N) is 1. The molecule has 26 heavy (non-hydrogen) atoms. The number of fused-ring (bicyclic) bond motifs is 1. The molecule has 3 rings (SSSR count). The van der Waals surface area contributed by atoms with E-state index >= 15 is 0 Å². The molecule has 1 aliphatic rings. The summed E-state index contributed by atoms with van der Waals surface area (Å²) in [5.74, 6) is 0.699. The minimum absolute atomic E-state index is 0.00437. The number of aliphatic hydroxyl groups is 1. The van der Waals surface area contributed by atoms with Crippen LogP contribution in [0.1, 0.15) is 19.8 Å². The highest BCUT2D eigenvalue weighted by Crippen LogP contribution is 2.25. The number of rotatable bonds is 7. The maximum atomic E-state index is 11.8. The minimum Gasteiger partial charge on any atom is -0.490 e. The molecule has 2 aromatic rings. The zero-order valence-electron chi connectivity index (χ0n) is 15.3. The van der Waals surface area contributed by atoms with Crippen LogP contribution >= 0.6 is 0 Å². The lowest BCUT2D eigenvalue weighted by molar-refractivity contribution is -0.149. The Morgan fingerprint density at radius 2 is 1.92 bits per heavy atom. The summed E-state index contributed by atoms with van der Waals surface area (Å²) in [5, 5.41) is 12.5. The molecule has 1 heterocycles. The third-order valence-corrected chi connectivity index (χ3v) is 4.86. The van der Waals surface area contributed by atoms with Crippen molar-refractivity contribution in [3.05, 3.63) is 42.5 Å². The van der Waals surface area contributed by atoms with E-state index in [-0.39, 0.29) is 18.5 Å². The molecule has 0 amide bonds. The zero-order valence-corrected chi connectivity index (χ0v) is 15.3. The Labute approximate surface area is 154 Å². The molecule has 0 aromatic heterocycles. The number of nitrogens with zero attached hydrogens (tertiary/aromatic N) is 1. The van der Waals surface area contributed by atoms with Crippen molar-refractivity contribution in [2.45, 2.75) is 25.9 Å². The Morgan fingerprint density at radius 3 is 2.69 bits per heavy atom. The topological polar surface area (TPSA) is 59.0 Å². The first-order valence-electron chi connectivity index (χ1n) is 9.35. The molecule has 0 aliphatic carbocycles. The summed E-state index contributed by atoms with van der Waals surface area (Å²) in [6.07, 6.45) is 1.01. The number of carbonyl (C=O) groups is 1. The van der Waals surface area contributed by atoms with Crippen molar-refractivity contribution in [3.8, 4) is 5.75 Å². The van der Waals surface area contributed by atoms with Gasteiger partial charge in [-0.1, -0.05) is 36.4 Å². The second-order valence-electron chi connectivity index (χ2n) is 6.77. The Balaban J connectivity index is 1.46. The van der Waals surface area contributed by atoms with Gasteiger partial charge in [0.2, 0.25) is 0 Å². The highest BCUT2D eigenvalue weighted by molar-refractivity contribution is 5.88. The van der Waals surface area contributed by atoms with Crippen molar-refractivity contribution in [2.75, 3.05) is 32.8 Å². The number of hydrogen-bond donors (Lipinski definition) is 1. The van der Waals surface area contributed by atoms with E-state index in [1.807, 2.05) is 49.4 Å². The number of aliphatic hydroxyl groups excluding tert-OH is 1. The van der Waals surface area contributed by atoms with E-state index < -0.39 is 6.10 Å². The van der Waals surface area contributed by atoms with Gasteiger partial charge in [0.05, 0.1) is 12.5 Å². The van der Waals surface area contributed by atoms with E-state index in [4.69, 9.17) is 9.47 Å². The molecule has 0 spiro atoms. The molecule has 1 atom stereocenters. The van der Waals surface area contributed by atoms with Crippen LogP contribution in [0.15, 0.2) is 42.5 Å². The third-order valence-electron chi connectivity index (χ3n) is 4.86. The van der Waals surface area contributed by atoms with Gasteiger partial charge in [0.25, 0.3) is 0 Å². The summed E-state index contributed by atoms with van der Waals surface area (Å²) in [5.41, 5.74) is 0. The first-order valence-corrected chi connectivity index (χ1v) is 9.35. The number of esters is 1. The number of hydrogen-bond acceptors (Lipinski definition) is 5. The van der Waals surface area contributed by atoms with Gasteiger partial charge in [-0.2, -0.15) is 0 Å². The van der Waals surface area contributed by atoms with Gasteiger partial charge in [0.15, 0.2) is 0 Å². The van der Waals surface area contributed by atoms with Crippen LogP contribution in [0.4, 0.5) is 0 Å². The van der Waals surface area contributed by atoms with Crippen LogP contribution in [-0.2, 0) is 9.53 Å². The van der Waals surface area contributed by atoms with Crippen molar-refractivity contribution in [1.82, 2.24) is 4.90 Å². The van der Waals surface area contributed by atoms with Crippen LogP contribution in [0.5, 0.6) is 5.75 Å². The Bertz CT molecular complexity index is 720. The maximum Gasteiger partial charge on any atom is 0.309 e. The van der Waals surface area contributed by atoms with E-state index in [1.54, 1.807) is 0 Å². The molecule has 5 heteroatoms. The van der Waals surface area contributed by atoms with Crippen molar-refractivity contribution in [3.63, 3.8) is 0 Å². The molecule has 0 radical (unpaired) electrons. The molecule has 0 unspecified atom stereocenters. The summed E-state index contributed by atoms with van der Waals surface area (Å²) < 4.78 is 11.0. The third kappa shape index (κ3) is 4.74. The number of likely N-dealkylation sites (tertiary alicyclic amines) is 1. The Hall–Kier alpha value is -2.11. The standard InChI is InChI=1S/C21H27NO4/c1-2-25-21(24)17-10-12-22(13-11-17)14-18(23)15-26-20-9-5-7-16-6-3-4-8-19(16)20/h3-9,17-18,23H,2,10-15H2,1H3/t18-/m0/s1. The first-order chi connectivity index (χ1) is 12.7. The average molecular weight is 357 g/mol. The minimum atomic E-state index is -0.562. The second kappa shape index (κ2) is 9.01. The fourth-order valence-corrected chi connectivity index (χ4v) is 3.47. The van der Waals surface area contributed by atoms with E-state index in [1.165, 1.54) is 0 Å². The normalized spacial score (nSPS) is 17.2. The fourth-order valence-electron chi connectivity index (χ4n) is 3.47. The largest absolute Gasteiger partial charge is 0.490 e. The monoisotopic (exact) mass is 357 g/mol. The van der Waals surface area contributed by atoms with Crippen LogP contribution in [0, 0.1) is 5.92 Å². The van der Waals surface area contributed by atoms with E-state index in [0.29, 0.717) is 13.2 Å². The predicted molar refractivity (Wildman–Crippen MR) is 101 cm³/mol. The van der Waals surface area contributed by atoms with Crippen molar-refractivity contribution >= 4 is 16.7 Å². The number of piperidine rings is 1. The molecule has 0 saturated carbocycles. The van der Waals surface area contributed by atoms with Gasteiger partial charge in [-0.3, -0.25) is 4.79 Å². The Morgan fingerprint density at radius 1 is 1.19 bits per heavy atom. The predicted octanol–water partition coefficient (Wildman–Crippen LogP) is 2.85. The molecular formula is C21H27NO4. The fraction of sp³-hybridized carbons (Fsp3) is 0.476. The highest BCUT2D eigenvalue weighted by atomic mass is 16.5. The van der Waals surface area contributed by atoms with Gasteiger partial charge in [0, 0.05) is 11.9 Å². The molecule has 1 saturated heterocycles. The highest BCUT2D eigenvalue weighted by Gasteiger charge is 2.26. The average Bonchev–Trinajstić information content (AvgIpc) is 2.67. The van der Waals surface area contributed by atoms with E-state index in [0.717, 1.165) is 42.5 Å². The van der Waals surface area contributed by atoms with Crippen molar-refractivity contribution in [2.24, 2.45) is 5.92 Å². The molecule has 0 bridgehead atoms. The van der Waals surface area contributed by atoms with Gasteiger partial charge in [-0.25, -0.2) is 0 Å². The first kappa shape index (κ1) is 18.7. The summed E-state index contributed by atoms with van der Waals surface area (Å²) >= 11 is 0. The number of ether oxygens (including phenoxy) is 2. The van der Waals surface area contributed by atoms with E-state index in [2.05, 4.69) is 4.90 Å². The van der Waals surface area contributed by atoms with Gasteiger partial charge in [0.1, 0.15) is 18.5 Å². The molecule has 1 fully saturated rings. The van der Waals surface area contributed by atoms with Gasteiger partial charge >= 0.3 is 5.97 Å². The lowest BCUT2D eigenvalue weighted by Gasteiger charge is -2.32. The van der Waals surface area contributed by atoms with Gasteiger partial charge in [-0.15, -0.1) is 0 Å². The summed E-state index contributed by atoms with van der Waals surface area (Å²) in [4.78, 5) is 14.0. The number of carbonyl (C=O) groups excluding carboxylic acids is 1. The smallest absolute Gasteiger partial charge is 0.309 e. The molecule has 2 aromatic carbocycles. The van der Waals surface area contributed by atoms with Crippen LogP contribution in [0.2, 0.25) is 0 Å². The molecular weight excluding hydrogens is 330 g/mol. The van der Waals surface area contributed by atoms with Crippen LogP contribution in [0.25, 0.3) is 10.8 Å². The molecule has 1 N–H and O–H groups in total. The van der Waals surface area contributed by atoms with Gasteiger partial charge < -0.3 is 19.5 Å². The molecule has 1 aliphatic heterocycles. The summed E-state index contributed by atoms with van der Waals surface area (Å²) in [7, 11) is 0. The van der Waals surface area contributed by atoms with Gasteiger partial charge in [-0.05, 0) is 44.3 Å². The Kier molecular flexibility index (Phi) is 6.47.